The largest absolute Gasteiger partial charge is 0.393 e. The van der Waals surface area contributed by atoms with Gasteiger partial charge in [0.05, 0.1) is 6.10 Å². The minimum absolute atomic E-state index is 0.0266. The SMILES string of the molecule is C1CCOC1.OC1CCNCC1. The van der Waals surface area contributed by atoms with E-state index in [1.54, 1.807) is 0 Å². The van der Waals surface area contributed by atoms with Crippen molar-refractivity contribution in [2.45, 2.75) is 31.8 Å². The topological polar surface area (TPSA) is 41.5 Å². The van der Waals surface area contributed by atoms with Crippen molar-refractivity contribution in [3.8, 4) is 0 Å². The number of hydrogen-bond acceptors (Lipinski definition) is 3. The van der Waals surface area contributed by atoms with Gasteiger partial charge in [0.25, 0.3) is 0 Å². The van der Waals surface area contributed by atoms with Crippen LogP contribution in [0.5, 0.6) is 0 Å². The molecule has 3 nitrogen and oxygen atoms in total. The van der Waals surface area contributed by atoms with E-state index < -0.39 is 0 Å². The molecule has 0 aromatic carbocycles. The first kappa shape index (κ1) is 9.96. The number of aliphatic hydroxyl groups is 1. The summed E-state index contributed by atoms with van der Waals surface area (Å²) in [5, 5.41) is 12.0. The van der Waals surface area contributed by atoms with Gasteiger partial charge in [-0.3, -0.25) is 0 Å². The molecule has 0 atom stereocenters. The van der Waals surface area contributed by atoms with Crippen LogP contribution in [-0.4, -0.2) is 37.5 Å². The van der Waals surface area contributed by atoms with Crippen LogP contribution in [0.2, 0.25) is 0 Å². The molecule has 0 radical (unpaired) electrons. The molecule has 0 aliphatic carbocycles. The second-order valence-corrected chi connectivity index (χ2v) is 3.30. The maximum atomic E-state index is 8.87. The summed E-state index contributed by atoms with van der Waals surface area (Å²) in [5.41, 5.74) is 0. The molecule has 2 rings (SSSR count). The number of piperidine rings is 1. The van der Waals surface area contributed by atoms with Crippen LogP contribution in [-0.2, 0) is 4.74 Å². The Hall–Kier alpha value is -0.120. The standard InChI is InChI=1S/C5H11NO.C4H8O/c7-5-1-3-6-4-2-5;1-2-4-5-3-1/h5-7H,1-4H2;1-4H2. The summed E-state index contributed by atoms with van der Waals surface area (Å²) in [4.78, 5) is 0. The van der Waals surface area contributed by atoms with Gasteiger partial charge in [-0.15, -0.1) is 0 Å². The van der Waals surface area contributed by atoms with Gasteiger partial charge in [0.1, 0.15) is 0 Å². The lowest BCUT2D eigenvalue weighted by Crippen LogP contribution is -2.30. The van der Waals surface area contributed by atoms with E-state index in [9.17, 15) is 0 Å². The maximum Gasteiger partial charge on any atom is 0.0564 e. The van der Waals surface area contributed by atoms with Crippen LogP contribution in [0.4, 0.5) is 0 Å². The van der Waals surface area contributed by atoms with E-state index in [4.69, 9.17) is 9.84 Å². The lowest BCUT2D eigenvalue weighted by molar-refractivity contribution is 0.137. The highest BCUT2D eigenvalue weighted by Gasteiger charge is 2.06. The molecule has 0 aromatic rings. The summed E-state index contributed by atoms with van der Waals surface area (Å²) < 4.78 is 4.94. The molecule has 0 amide bonds. The molecular formula is C9H19NO2. The minimum Gasteiger partial charge on any atom is -0.393 e. The Morgan fingerprint density at radius 1 is 1.08 bits per heavy atom. The third-order valence-electron chi connectivity index (χ3n) is 2.14. The first-order chi connectivity index (χ1) is 5.89. The van der Waals surface area contributed by atoms with Gasteiger partial charge in [0.15, 0.2) is 0 Å². The predicted molar refractivity (Wildman–Crippen MR) is 48.2 cm³/mol. The van der Waals surface area contributed by atoms with E-state index in [0.29, 0.717) is 0 Å². The summed E-state index contributed by atoms with van der Waals surface area (Å²) in [6.07, 6.45) is 4.39. The van der Waals surface area contributed by atoms with Crippen molar-refractivity contribution < 1.29 is 9.84 Å². The van der Waals surface area contributed by atoms with Gasteiger partial charge >= 0.3 is 0 Å². The van der Waals surface area contributed by atoms with E-state index in [1.807, 2.05) is 0 Å². The Morgan fingerprint density at radius 2 is 1.67 bits per heavy atom. The van der Waals surface area contributed by atoms with Crippen LogP contribution in [0.1, 0.15) is 25.7 Å². The van der Waals surface area contributed by atoms with Gasteiger partial charge in [-0.2, -0.15) is 0 Å². The van der Waals surface area contributed by atoms with Gasteiger partial charge in [0.2, 0.25) is 0 Å². The molecule has 3 heteroatoms. The maximum absolute atomic E-state index is 8.87. The molecule has 0 saturated carbocycles. The average molecular weight is 173 g/mol. The zero-order valence-electron chi connectivity index (χ0n) is 7.59. The van der Waals surface area contributed by atoms with Gasteiger partial charge in [-0.25, -0.2) is 0 Å². The van der Waals surface area contributed by atoms with E-state index >= 15 is 0 Å². The lowest BCUT2D eigenvalue weighted by atomic mass is 10.1. The lowest BCUT2D eigenvalue weighted by Gasteiger charge is -2.16. The van der Waals surface area contributed by atoms with Gasteiger partial charge in [-0.1, -0.05) is 0 Å². The fourth-order valence-corrected chi connectivity index (χ4v) is 1.32. The van der Waals surface area contributed by atoms with Gasteiger partial charge in [0, 0.05) is 13.2 Å². The van der Waals surface area contributed by atoms with Crippen LogP contribution >= 0.6 is 0 Å². The quantitative estimate of drug-likeness (QED) is 0.561. The van der Waals surface area contributed by atoms with E-state index in [2.05, 4.69) is 5.32 Å². The number of aliphatic hydroxyl groups excluding tert-OH is 1. The Balaban J connectivity index is 0.000000127. The second kappa shape index (κ2) is 6.40. The molecule has 0 bridgehead atoms. The smallest absolute Gasteiger partial charge is 0.0564 e. The molecule has 0 aromatic heterocycles. The summed E-state index contributed by atoms with van der Waals surface area (Å²) in [5.74, 6) is 0. The van der Waals surface area contributed by atoms with Crippen LogP contribution in [0.25, 0.3) is 0 Å². The molecular weight excluding hydrogens is 154 g/mol. The van der Waals surface area contributed by atoms with Crippen LogP contribution in [0, 0.1) is 0 Å². The summed E-state index contributed by atoms with van der Waals surface area (Å²) in [6.45, 7) is 3.97. The summed E-state index contributed by atoms with van der Waals surface area (Å²) in [6, 6.07) is 0. The molecule has 2 fully saturated rings. The Bertz CT molecular complexity index is 91.1. The summed E-state index contributed by atoms with van der Waals surface area (Å²) >= 11 is 0. The van der Waals surface area contributed by atoms with Crippen LogP contribution in [0.3, 0.4) is 0 Å². The molecule has 2 saturated heterocycles. The molecule has 0 unspecified atom stereocenters. The van der Waals surface area contributed by atoms with Crippen molar-refractivity contribution in [2.24, 2.45) is 0 Å². The average Bonchev–Trinajstić information content (AvgIpc) is 2.62. The minimum atomic E-state index is -0.0266. The molecule has 2 heterocycles. The zero-order valence-corrected chi connectivity index (χ0v) is 7.59. The number of nitrogens with one attached hydrogen (secondary N) is 1. The van der Waals surface area contributed by atoms with E-state index in [-0.39, 0.29) is 6.10 Å². The fraction of sp³-hybridized carbons (Fsp3) is 1.00. The number of rotatable bonds is 0. The van der Waals surface area contributed by atoms with Crippen molar-refractivity contribution in [3.05, 3.63) is 0 Å². The monoisotopic (exact) mass is 173 g/mol. The predicted octanol–water partition coefficient (Wildman–Crippen LogP) is 0.527. The first-order valence-electron chi connectivity index (χ1n) is 4.86. The highest BCUT2D eigenvalue weighted by molar-refractivity contribution is 4.65. The van der Waals surface area contributed by atoms with Crippen molar-refractivity contribution >= 4 is 0 Å². The van der Waals surface area contributed by atoms with Crippen molar-refractivity contribution in [1.82, 2.24) is 5.32 Å². The highest BCUT2D eigenvalue weighted by atomic mass is 16.5. The molecule has 12 heavy (non-hydrogen) atoms. The van der Waals surface area contributed by atoms with Crippen molar-refractivity contribution in [1.29, 1.82) is 0 Å². The first-order valence-corrected chi connectivity index (χ1v) is 4.86. The molecule has 2 N–H and O–H groups in total. The van der Waals surface area contributed by atoms with Gasteiger partial charge in [-0.05, 0) is 38.8 Å². The third kappa shape index (κ3) is 4.70. The van der Waals surface area contributed by atoms with Crippen LogP contribution < -0.4 is 5.32 Å². The number of hydrogen-bond donors (Lipinski definition) is 2. The van der Waals surface area contributed by atoms with E-state index in [0.717, 1.165) is 39.1 Å². The normalized spacial score (nSPS) is 24.8. The molecule has 0 spiro atoms. The second-order valence-electron chi connectivity index (χ2n) is 3.30. The Morgan fingerprint density at radius 3 is 1.92 bits per heavy atom. The molecule has 2 aliphatic heterocycles. The highest BCUT2D eigenvalue weighted by Crippen LogP contribution is 1.99. The molecule has 2 aliphatic rings. The third-order valence-corrected chi connectivity index (χ3v) is 2.14. The number of ether oxygens (including phenoxy) is 1. The van der Waals surface area contributed by atoms with E-state index in [1.165, 1.54) is 12.8 Å². The van der Waals surface area contributed by atoms with Crippen molar-refractivity contribution in [2.75, 3.05) is 26.3 Å². The molecule has 72 valence electrons. The fourth-order valence-electron chi connectivity index (χ4n) is 1.32. The zero-order chi connectivity index (χ0) is 8.65. The Labute approximate surface area is 74.1 Å². The Kier molecular flexibility index (Phi) is 5.32. The van der Waals surface area contributed by atoms with Crippen molar-refractivity contribution in [3.63, 3.8) is 0 Å². The van der Waals surface area contributed by atoms with Crippen LogP contribution in [0.15, 0.2) is 0 Å². The summed E-state index contributed by atoms with van der Waals surface area (Å²) in [7, 11) is 0. The van der Waals surface area contributed by atoms with Gasteiger partial charge < -0.3 is 15.2 Å².